The normalized spacial score (nSPS) is 15.4. The second-order valence-electron chi connectivity index (χ2n) is 7.01. The van der Waals surface area contributed by atoms with Crippen molar-refractivity contribution in [1.82, 2.24) is 4.57 Å². The molecular formula is C22H16BrF2NO5. The summed E-state index contributed by atoms with van der Waals surface area (Å²) in [5.41, 5.74) is 1.20. The van der Waals surface area contributed by atoms with E-state index in [2.05, 4.69) is 15.9 Å². The third kappa shape index (κ3) is 3.98. The maximum absolute atomic E-state index is 13.8. The lowest BCUT2D eigenvalue weighted by Gasteiger charge is -2.22. The van der Waals surface area contributed by atoms with E-state index in [1.54, 1.807) is 25.1 Å². The maximum atomic E-state index is 13.8. The molecule has 0 radical (unpaired) electrons. The number of fused-ring (bicyclic) bond motifs is 1. The highest BCUT2D eigenvalue weighted by molar-refractivity contribution is 9.10. The molecule has 31 heavy (non-hydrogen) atoms. The van der Waals surface area contributed by atoms with Crippen molar-refractivity contribution in [3.05, 3.63) is 91.3 Å². The van der Waals surface area contributed by atoms with Gasteiger partial charge in [-0.1, -0.05) is 6.07 Å². The molecular weight excluding hydrogens is 476 g/mol. The van der Waals surface area contributed by atoms with Crippen molar-refractivity contribution >= 4 is 21.9 Å². The number of hydrogen-bond acceptors (Lipinski definition) is 5. The molecule has 2 heterocycles. The number of aromatic nitrogens is 1. The molecule has 1 unspecified atom stereocenters. The van der Waals surface area contributed by atoms with Gasteiger partial charge in [-0.05, 0) is 52.7 Å². The molecule has 1 aromatic heterocycles. The van der Waals surface area contributed by atoms with Crippen LogP contribution in [0.5, 0.6) is 5.75 Å². The van der Waals surface area contributed by atoms with Crippen molar-refractivity contribution in [2.45, 2.75) is 19.6 Å². The van der Waals surface area contributed by atoms with Gasteiger partial charge in [-0.25, -0.2) is 13.6 Å². The quantitative estimate of drug-likeness (QED) is 0.558. The fourth-order valence-corrected chi connectivity index (χ4v) is 3.78. The Balaban J connectivity index is 1.68. The maximum Gasteiger partial charge on any atom is 0.338 e. The SMILES string of the molecule is Cc1cc(OCc2ccc(F)cc2F)c(Br)c(=O)n1-c1ccc2c(c1)C(=O)OCC2O. The number of esters is 1. The molecule has 0 aliphatic carbocycles. The van der Waals surface area contributed by atoms with E-state index in [1.165, 1.54) is 16.7 Å². The van der Waals surface area contributed by atoms with Crippen LogP contribution >= 0.6 is 15.9 Å². The fraction of sp³-hybridized carbons (Fsp3) is 0.182. The summed E-state index contributed by atoms with van der Waals surface area (Å²) in [6.45, 7) is 1.36. The number of cyclic esters (lactones) is 1. The van der Waals surface area contributed by atoms with Gasteiger partial charge in [-0.3, -0.25) is 9.36 Å². The van der Waals surface area contributed by atoms with Gasteiger partial charge in [0.25, 0.3) is 5.56 Å². The lowest BCUT2D eigenvalue weighted by molar-refractivity contribution is 0.0167. The van der Waals surface area contributed by atoms with E-state index < -0.39 is 29.3 Å². The number of nitrogens with zero attached hydrogens (tertiary/aromatic N) is 1. The van der Waals surface area contributed by atoms with Gasteiger partial charge in [0.2, 0.25) is 0 Å². The lowest BCUT2D eigenvalue weighted by Crippen LogP contribution is -2.25. The number of benzene rings is 2. The van der Waals surface area contributed by atoms with Crippen LogP contribution in [0.4, 0.5) is 8.78 Å². The molecule has 0 bridgehead atoms. The van der Waals surface area contributed by atoms with Gasteiger partial charge in [-0.2, -0.15) is 0 Å². The highest BCUT2D eigenvalue weighted by Crippen LogP contribution is 2.29. The zero-order valence-electron chi connectivity index (χ0n) is 16.2. The number of carbonyl (C=O) groups excluding carboxylic acids is 1. The third-order valence-electron chi connectivity index (χ3n) is 4.94. The molecule has 0 saturated heterocycles. The van der Waals surface area contributed by atoms with E-state index >= 15 is 0 Å². The Morgan fingerprint density at radius 1 is 1.19 bits per heavy atom. The average Bonchev–Trinajstić information content (AvgIpc) is 2.73. The largest absolute Gasteiger partial charge is 0.487 e. The number of aliphatic hydroxyl groups excluding tert-OH is 1. The van der Waals surface area contributed by atoms with Crippen LogP contribution in [0.2, 0.25) is 0 Å². The molecule has 9 heteroatoms. The number of hydrogen-bond donors (Lipinski definition) is 1. The van der Waals surface area contributed by atoms with Gasteiger partial charge in [0, 0.05) is 29.1 Å². The number of carbonyl (C=O) groups is 1. The second-order valence-corrected chi connectivity index (χ2v) is 7.81. The Kier molecular flexibility index (Phi) is 5.63. The minimum absolute atomic E-state index is 0.0981. The van der Waals surface area contributed by atoms with Gasteiger partial charge in [0.1, 0.15) is 41.2 Å². The minimum atomic E-state index is -0.922. The van der Waals surface area contributed by atoms with E-state index in [4.69, 9.17) is 9.47 Å². The second kappa shape index (κ2) is 8.24. The van der Waals surface area contributed by atoms with E-state index in [-0.39, 0.29) is 34.6 Å². The van der Waals surface area contributed by atoms with E-state index in [1.807, 2.05) is 0 Å². The summed E-state index contributed by atoms with van der Waals surface area (Å²) in [4.78, 5) is 25.1. The van der Waals surface area contributed by atoms with Gasteiger partial charge in [0.15, 0.2) is 0 Å². The van der Waals surface area contributed by atoms with Crippen LogP contribution in [0.25, 0.3) is 5.69 Å². The Morgan fingerprint density at radius 2 is 1.97 bits per heavy atom. The topological polar surface area (TPSA) is 77.8 Å². The molecule has 1 aliphatic heterocycles. The molecule has 160 valence electrons. The molecule has 0 amide bonds. The molecule has 0 spiro atoms. The molecule has 1 atom stereocenters. The monoisotopic (exact) mass is 491 g/mol. The first kappa shape index (κ1) is 21.2. The fourth-order valence-electron chi connectivity index (χ4n) is 3.37. The zero-order valence-corrected chi connectivity index (χ0v) is 17.8. The van der Waals surface area contributed by atoms with E-state index in [0.717, 1.165) is 12.1 Å². The van der Waals surface area contributed by atoms with Gasteiger partial charge < -0.3 is 14.6 Å². The highest BCUT2D eigenvalue weighted by atomic mass is 79.9. The van der Waals surface area contributed by atoms with Crippen LogP contribution in [0, 0.1) is 18.6 Å². The Labute approximate surface area is 183 Å². The minimum Gasteiger partial charge on any atom is -0.487 e. The smallest absolute Gasteiger partial charge is 0.338 e. The first-order valence-electron chi connectivity index (χ1n) is 9.24. The zero-order chi connectivity index (χ0) is 22.3. The number of halogens is 3. The van der Waals surface area contributed by atoms with Gasteiger partial charge >= 0.3 is 5.97 Å². The summed E-state index contributed by atoms with van der Waals surface area (Å²) >= 11 is 3.22. The molecule has 1 N–H and O–H groups in total. The average molecular weight is 492 g/mol. The molecule has 4 rings (SSSR count). The van der Waals surface area contributed by atoms with Crippen molar-refractivity contribution in [1.29, 1.82) is 0 Å². The van der Waals surface area contributed by atoms with Gasteiger partial charge in [-0.15, -0.1) is 0 Å². The van der Waals surface area contributed by atoms with Crippen molar-refractivity contribution in [3.8, 4) is 11.4 Å². The van der Waals surface area contributed by atoms with Crippen LogP contribution in [0.15, 0.2) is 51.7 Å². The molecule has 0 saturated carbocycles. The van der Waals surface area contributed by atoms with Crippen molar-refractivity contribution in [2.75, 3.05) is 6.61 Å². The molecule has 3 aromatic rings. The van der Waals surface area contributed by atoms with Crippen LogP contribution in [0.3, 0.4) is 0 Å². The number of rotatable bonds is 4. The first-order valence-corrected chi connectivity index (χ1v) is 10.0. The molecule has 0 fully saturated rings. The molecule has 6 nitrogen and oxygen atoms in total. The Bertz CT molecular complexity index is 1260. The Hall–Kier alpha value is -3.04. The summed E-state index contributed by atoms with van der Waals surface area (Å²) in [5, 5.41) is 10.0. The number of aliphatic hydroxyl groups is 1. The standard InChI is InChI=1S/C22H16BrF2NO5/c1-11-6-19(30-9-12-2-3-13(24)7-17(12)25)20(23)21(28)26(11)14-4-5-15-16(8-14)22(29)31-10-18(15)27/h2-8,18,27H,9-10H2,1H3. The summed E-state index contributed by atoms with van der Waals surface area (Å²) in [6.07, 6.45) is -0.922. The number of ether oxygens (including phenoxy) is 2. The third-order valence-corrected chi connectivity index (χ3v) is 5.67. The predicted octanol–water partition coefficient (Wildman–Crippen LogP) is 3.97. The van der Waals surface area contributed by atoms with E-state index in [9.17, 15) is 23.5 Å². The van der Waals surface area contributed by atoms with Crippen molar-refractivity contribution in [2.24, 2.45) is 0 Å². The van der Waals surface area contributed by atoms with Crippen LogP contribution in [-0.2, 0) is 11.3 Å². The van der Waals surface area contributed by atoms with E-state index in [0.29, 0.717) is 16.9 Å². The first-order chi connectivity index (χ1) is 14.8. The molecule has 2 aromatic carbocycles. The van der Waals surface area contributed by atoms with Gasteiger partial charge in [0.05, 0.1) is 5.56 Å². The van der Waals surface area contributed by atoms with Crippen molar-refractivity contribution in [3.63, 3.8) is 0 Å². The van der Waals surface area contributed by atoms with Crippen LogP contribution in [-0.4, -0.2) is 22.2 Å². The Morgan fingerprint density at radius 3 is 2.71 bits per heavy atom. The highest BCUT2D eigenvalue weighted by Gasteiger charge is 2.26. The van der Waals surface area contributed by atoms with Crippen LogP contribution in [0.1, 0.15) is 33.3 Å². The number of pyridine rings is 1. The number of aryl methyl sites for hydroxylation is 1. The van der Waals surface area contributed by atoms with Crippen LogP contribution < -0.4 is 10.3 Å². The van der Waals surface area contributed by atoms with Crippen molar-refractivity contribution < 1.29 is 28.2 Å². The summed E-state index contributed by atoms with van der Waals surface area (Å²) in [7, 11) is 0. The predicted molar refractivity (Wildman–Crippen MR) is 110 cm³/mol. The summed E-state index contributed by atoms with van der Waals surface area (Å²) in [5.74, 6) is -1.82. The summed E-state index contributed by atoms with van der Waals surface area (Å²) < 4.78 is 38.9. The summed E-state index contributed by atoms with van der Waals surface area (Å²) in [6, 6.07) is 9.42. The molecule has 1 aliphatic rings. The lowest BCUT2D eigenvalue weighted by atomic mass is 9.99.